The minimum absolute atomic E-state index is 0.0157. The van der Waals surface area contributed by atoms with E-state index in [4.69, 9.17) is 0 Å². The molecule has 1 fully saturated rings. The molecule has 1 aromatic rings. The average molecular weight is 385 g/mol. The number of carbonyl (C=O) groups excluding carboxylic acids is 2. The number of rotatable bonds is 6. The lowest BCUT2D eigenvalue weighted by molar-refractivity contribution is -0.130. The number of carbonyl (C=O) groups is 2. The zero-order chi connectivity index (χ0) is 19.3. The maximum atomic E-state index is 12.8. The van der Waals surface area contributed by atoms with Crippen LogP contribution in [0.4, 0.5) is 10.1 Å². The van der Waals surface area contributed by atoms with Gasteiger partial charge in [-0.05, 0) is 57.2 Å². The second kappa shape index (κ2) is 8.59. The summed E-state index contributed by atoms with van der Waals surface area (Å²) in [6.45, 7) is 1.71. The summed E-state index contributed by atoms with van der Waals surface area (Å²) >= 11 is 0. The fraction of sp³-hybridized carbons (Fsp3) is 0.529. The fourth-order valence-electron chi connectivity index (χ4n) is 2.86. The molecular weight excluding hydrogens is 361 g/mol. The normalized spacial score (nSPS) is 16.3. The van der Waals surface area contributed by atoms with Crippen molar-refractivity contribution in [2.45, 2.75) is 18.9 Å². The van der Waals surface area contributed by atoms with Crippen molar-refractivity contribution in [3.05, 3.63) is 30.1 Å². The molecule has 0 spiro atoms. The van der Waals surface area contributed by atoms with Crippen LogP contribution in [0.2, 0.25) is 0 Å². The largest absolute Gasteiger partial charge is 0.342 e. The molecule has 0 aromatic heterocycles. The molecule has 1 aliphatic rings. The molecule has 1 heterocycles. The zero-order valence-corrected chi connectivity index (χ0v) is 15.8. The standard InChI is InChI=1S/C17H24FN3O4S/c1-20-9-7-15(8-10-20)21(2)17(23)12-26(24,25)11-16(22)19-14-5-3-13(18)4-6-14/h3-6,15H,7-12H2,1-2H3,(H,19,22). The Hall–Kier alpha value is -2.00. The Morgan fingerprint density at radius 2 is 1.77 bits per heavy atom. The zero-order valence-electron chi connectivity index (χ0n) is 14.9. The van der Waals surface area contributed by atoms with Gasteiger partial charge in [0, 0.05) is 18.8 Å². The Labute approximate surface area is 153 Å². The number of hydrogen-bond acceptors (Lipinski definition) is 5. The molecule has 0 atom stereocenters. The van der Waals surface area contributed by atoms with Crippen LogP contribution >= 0.6 is 0 Å². The number of piperidine rings is 1. The molecule has 144 valence electrons. The number of benzene rings is 1. The summed E-state index contributed by atoms with van der Waals surface area (Å²) in [4.78, 5) is 27.8. The van der Waals surface area contributed by atoms with Crippen molar-refractivity contribution in [2.24, 2.45) is 0 Å². The fourth-order valence-corrected chi connectivity index (χ4v) is 4.01. The van der Waals surface area contributed by atoms with Crippen molar-refractivity contribution in [1.82, 2.24) is 9.80 Å². The Kier molecular flexibility index (Phi) is 6.71. The van der Waals surface area contributed by atoms with Crippen LogP contribution in [0.5, 0.6) is 0 Å². The number of anilines is 1. The molecule has 1 N–H and O–H groups in total. The molecule has 0 bridgehead atoms. The van der Waals surface area contributed by atoms with E-state index in [1.54, 1.807) is 7.05 Å². The number of nitrogens with one attached hydrogen (secondary N) is 1. The first-order chi connectivity index (χ1) is 12.2. The van der Waals surface area contributed by atoms with E-state index in [1.165, 1.54) is 17.0 Å². The lowest BCUT2D eigenvalue weighted by Gasteiger charge is -2.35. The van der Waals surface area contributed by atoms with Crippen LogP contribution in [0, 0.1) is 5.82 Å². The third kappa shape index (κ3) is 6.06. The third-order valence-corrected chi connectivity index (χ3v) is 5.84. The van der Waals surface area contributed by atoms with Gasteiger partial charge in [0.25, 0.3) is 0 Å². The van der Waals surface area contributed by atoms with E-state index in [9.17, 15) is 22.4 Å². The van der Waals surface area contributed by atoms with Crippen molar-refractivity contribution in [3.8, 4) is 0 Å². The second-order valence-electron chi connectivity index (χ2n) is 6.63. The van der Waals surface area contributed by atoms with Crippen molar-refractivity contribution >= 4 is 27.3 Å². The van der Waals surface area contributed by atoms with Crippen LogP contribution in [-0.2, 0) is 19.4 Å². The molecule has 1 aliphatic heterocycles. The molecule has 26 heavy (non-hydrogen) atoms. The number of nitrogens with zero attached hydrogens (tertiary/aromatic N) is 2. The van der Waals surface area contributed by atoms with Crippen molar-refractivity contribution < 1.29 is 22.4 Å². The Morgan fingerprint density at radius 1 is 1.19 bits per heavy atom. The van der Waals surface area contributed by atoms with Crippen LogP contribution in [0.15, 0.2) is 24.3 Å². The lowest BCUT2D eigenvalue weighted by Crippen LogP contribution is -2.46. The topological polar surface area (TPSA) is 86.8 Å². The van der Waals surface area contributed by atoms with Gasteiger partial charge in [0.1, 0.15) is 17.3 Å². The van der Waals surface area contributed by atoms with Crippen LogP contribution in [-0.4, -0.2) is 74.8 Å². The summed E-state index contributed by atoms with van der Waals surface area (Å²) in [5.41, 5.74) is 0.293. The van der Waals surface area contributed by atoms with Crippen molar-refractivity contribution in [2.75, 3.05) is 44.0 Å². The number of hydrogen-bond donors (Lipinski definition) is 1. The summed E-state index contributed by atoms with van der Waals surface area (Å²) in [6.07, 6.45) is 1.59. The molecule has 1 saturated heterocycles. The van der Waals surface area contributed by atoms with Crippen LogP contribution in [0.1, 0.15) is 12.8 Å². The summed E-state index contributed by atoms with van der Waals surface area (Å²) in [5.74, 6) is -3.22. The first-order valence-corrected chi connectivity index (χ1v) is 10.2. The molecule has 0 aliphatic carbocycles. The minimum atomic E-state index is -3.89. The van der Waals surface area contributed by atoms with Crippen LogP contribution in [0.3, 0.4) is 0 Å². The predicted octanol–water partition coefficient (Wildman–Crippen LogP) is 0.732. The van der Waals surface area contributed by atoms with E-state index in [0.717, 1.165) is 38.1 Å². The van der Waals surface area contributed by atoms with E-state index in [0.29, 0.717) is 5.69 Å². The number of sulfone groups is 1. The van der Waals surface area contributed by atoms with Gasteiger partial charge in [-0.2, -0.15) is 0 Å². The summed E-state index contributed by atoms with van der Waals surface area (Å²) in [6, 6.07) is 4.99. The Morgan fingerprint density at radius 3 is 2.35 bits per heavy atom. The molecular formula is C17H24FN3O4S. The summed E-state index contributed by atoms with van der Waals surface area (Å²) < 4.78 is 37.2. The average Bonchev–Trinajstić information content (AvgIpc) is 2.56. The van der Waals surface area contributed by atoms with Gasteiger partial charge in [-0.3, -0.25) is 9.59 Å². The number of likely N-dealkylation sites (tertiary alicyclic amines) is 1. The molecule has 0 unspecified atom stereocenters. The van der Waals surface area contributed by atoms with Gasteiger partial charge >= 0.3 is 0 Å². The maximum Gasteiger partial charge on any atom is 0.239 e. The van der Waals surface area contributed by atoms with Crippen LogP contribution in [0.25, 0.3) is 0 Å². The van der Waals surface area contributed by atoms with E-state index in [1.807, 2.05) is 7.05 Å². The van der Waals surface area contributed by atoms with Crippen molar-refractivity contribution in [3.63, 3.8) is 0 Å². The monoisotopic (exact) mass is 385 g/mol. The molecule has 0 saturated carbocycles. The Bertz CT molecular complexity index is 744. The molecule has 2 rings (SSSR count). The highest BCUT2D eigenvalue weighted by molar-refractivity contribution is 7.92. The van der Waals surface area contributed by atoms with Gasteiger partial charge in [-0.1, -0.05) is 0 Å². The summed E-state index contributed by atoms with van der Waals surface area (Å²) in [7, 11) is -0.285. The molecule has 7 nitrogen and oxygen atoms in total. The highest BCUT2D eigenvalue weighted by Crippen LogP contribution is 2.15. The van der Waals surface area contributed by atoms with Gasteiger partial charge in [0.05, 0.1) is 0 Å². The minimum Gasteiger partial charge on any atom is -0.342 e. The highest BCUT2D eigenvalue weighted by Gasteiger charge is 2.28. The van der Waals surface area contributed by atoms with Crippen molar-refractivity contribution in [1.29, 1.82) is 0 Å². The molecule has 0 radical (unpaired) electrons. The van der Waals surface area contributed by atoms with Crippen LogP contribution < -0.4 is 5.32 Å². The van der Waals surface area contributed by atoms with E-state index >= 15 is 0 Å². The van der Waals surface area contributed by atoms with Gasteiger partial charge in [-0.15, -0.1) is 0 Å². The van der Waals surface area contributed by atoms with E-state index in [2.05, 4.69) is 10.2 Å². The third-order valence-electron chi connectivity index (χ3n) is 4.45. The quantitative estimate of drug-likeness (QED) is 0.780. The first kappa shape index (κ1) is 20.3. The van der Waals surface area contributed by atoms with Gasteiger partial charge in [-0.25, -0.2) is 12.8 Å². The number of amides is 2. The van der Waals surface area contributed by atoms with Gasteiger partial charge < -0.3 is 15.1 Å². The smallest absolute Gasteiger partial charge is 0.239 e. The predicted molar refractivity (Wildman–Crippen MR) is 97.0 cm³/mol. The van der Waals surface area contributed by atoms with Gasteiger partial charge in [0.2, 0.25) is 11.8 Å². The SMILES string of the molecule is CN1CCC(N(C)C(=O)CS(=O)(=O)CC(=O)Nc2ccc(F)cc2)CC1. The van der Waals surface area contributed by atoms with Gasteiger partial charge in [0.15, 0.2) is 9.84 Å². The highest BCUT2D eigenvalue weighted by atomic mass is 32.2. The Balaban J connectivity index is 1.87. The summed E-state index contributed by atoms with van der Waals surface area (Å²) in [5, 5.41) is 2.38. The van der Waals surface area contributed by atoms with E-state index < -0.39 is 39.0 Å². The molecule has 2 amide bonds. The first-order valence-electron chi connectivity index (χ1n) is 8.36. The second-order valence-corrected chi connectivity index (χ2v) is 8.69. The van der Waals surface area contributed by atoms with E-state index in [-0.39, 0.29) is 6.04 Å². The number of halogens is 1. The maximum absolute atomic E-state index is 12.8. The molecule has 9 heteroatoms. The lowest BCUT2D eigenvalue weighted by atomic mass is 10.0. The molecule has 1 aromatic carbocycles.